The van der Waals surface area contributed by atoms with E-state index in [1.165, 1.54) is 19.3 Å². The number of likely N-dealkylation sites (tertiary alicyclic amines) is 2. The number of hydrogen-bond donors (Lipinski definition) is 0. The lowest BCUT2D eigenvalue weighted by molar-refractivity contribution is -0.137. The minimum atomic E-state index is -0.497. The van der Waals surface area contributed by atoms with E-state index in [1.807, 2.05) is 47.7 Å². The van der Waals surface area contributed by atoms with Crippen molar-refractivity contribution in [3.63, 3.8) is 0 Å². The molecule has 2 amide bonds. The van der Waals surface area contributed by atoms with Crippen molar-refractivity contribution in [2.75, 3.05) is 26.2 Å². The molecule has 1 aliphatic carbocycles. The van der Waals surface area contributed by atoms with Crippen LogP contribution < -0.4 is 0 Å². The van der Waals surface area contributed by atoms with Crippen LogP contribution >= 0.6 is 11.3 Å². The van der Waals surface area contributed by atoms with Crippen LogP contribution in [-0.2, 0) is 16.0 Å². The van der Waals surface area contributed by atoms with E-state index in [9.17, 15) is 9.59 Å². The summed E-state index contributed by atoms with van der Waals surface area (Å²) in [5.41, 5.74) is 1.71. The van der Waals surface area contributed by atoms with Gasteiger partial charge in [-0.25, -0.2) is 4.98 Å². The molecule has 0 N–H and O–H groups in total. The number of amides is 2. The molecule has 1 aromatic heterocycles. The number of aromatic nitrogens is 1. The molecule has 6 heteroatoms. The third kappa shape index (κ3) is 3.35. The fourth-order valence-electron chi connectivity index (χ4n) is 5.39. The van der Waals surface area contributed by atoms with Crippen LogP contribution in [-0.4, -0.2) is 52.8 Å². The second kappa shape index (κ2) is 7.80. The van der Waals surface area contributed by atoms with Crippen molar-refractivity contribution >= 4 is 23.2 Å². The van der Waals surface area contributed by atoms with Crippen molar-refractivity contribution in [2.45, 2.75) is 44.9 Å². The SMILES string of the molecule is Cc1ccccc1CC(=O)N1C[C@H](c2nccs2)[C@]2(CCN(CC3CCC3)C2=O)C1. The van der Waals surface area contributed by atoms with Crippen molar-refractivity contribution in [3.05, 3.63) is 52.0 Å². The second-order valence-electron chi connectivity index (χ2n) is 9.25. The Morgan fingerprint density at radius 3 is 2.83 bits per heavy atom. The number of carbonyl (C=O) groups is 2. The average molecular weight is 424 g/mol. The van der Waals surface area contributed by atoms with E-state index in [0.717, 1.165) is 35.6 Å². The minimum absolute atomic E-state index is 0.0113. The molecular weight excluding hydrogens is 394 g/mol. The Labute approximate surface area is 182 Å². The van der Waals surface area contributed by atoms with Gasteiger partial charge in [0.2, 0.25) is 11.8 Å². The topological polar surface area (TPSA) is 53.5 Å². The van der Waals surface area contributed by atoms with E-state index in [-0.39, 0.29) is 17.7 Å². The Kier molecular flexibility index (Phi) is 5.13. The monoisotopic (exact) mass is 423 g/mol. The fourth-order valence-corrected chi connectivity index (χ4v) is 6.24. The summed E-state index contributed by atoms with van der Waals surface area (Å²) in [7, 11) is 0. The Morgan fingerprint density at radius 1 is 1.30 bits per heavy atom. The standard InChI is InChI=1S/C24H29N3O2S/c1-17-5-2-3-8-19(17)13-21(28)27-15-20(22-25-10-12-30-22)24(16-27)9-11-26(23(24)29)14-18-6-4-7-18/h2-3,5,8,10,12,18,20H,4,6-7,9,11,13-16H2,1H3/t20-,24+/m1/s1. The number of rotatable bonds is 5. The van der Waals surface area contributed by atoms with Crippen LogP contribution in [0.3, 0.4) is 0 Å². The Morgan fingerprint density at radius 2 is 2.13 bits per heavy atom. The summed E-state index contributed by atoms with van der Waals surface area (Å²) in [4.78, 5) is 35.5. The van der Waals surface area contributed by atoms with Gasteiger partial charge in [0.25, 0.3) is 0 Å². The van der Waals surface area contributed by atoms with Gasteiger partial charge in [-0.15, -0.1) is 11.3 Å². The van der Waals surface area contributed by atoms with Gasteiger partial charge < -0.3 is 9.80 Å². The number of carbonyl (C=O) groups excluding carboxylic acids is 2. The maximum absolute atomic E-state index is 13.7. The van der Waals surface area contributed by atoms with Gasteiger partial charge >= 0.3 is 0 Å². The highest BCUT2D eigenvalue weighted by Gasteiger charge is 2.58. The summed E-state index contributed by atoms with van der Waals surface area (Å²) in [6.45, 7) is 4.88. The first-order chi connectivity index (χ1) is 14.6. The first-order valence-corrected chi connectivity index (χ1v) is 12.0. The number of hydrogen-bond acceptors (Lipinski definition) is 4. The fraction of sp³-hybridized carbons (Fsp3) is 0.542. The van der Waals surface area contributed by atoms with E-state index < -0.39 is 5.41 Å². The summed E-state index contributed by atoms with van der Waals surface area (Å²) < 4.78 is 0. The second-order valence-corrected chi connectivity index (χ2v) is 10.2. The van der Waals surface area contributed by atoms with E-state index in [0.29, 0.717) is 25.4 Å². The van der Waals surface area contributed by atoms with Crippen LogP contribution in [0.1, 0.15) is 47.7 Å². The molecule has 2 aliphatic heterocycles. The summed E-state index contributed by atoms with van der Waals surface area (Å²) in [5.74, 6) is 1.05. The highest BCUT2D eigenvalue weighted by Crippen LogP contribution is 2.50. The zero-order chi connectivity index (χ0) is 20.7. The normalized spacial score (nSPS) is 26.6. The Bertz CT molecular complexity index is 940. The third-order valence-electron chi connectivity index (χ3n) is 7.49. The molecular formula is C24H29N3O2S. The van der Waals surface area contributed by atoms with Crippen LogP contribution in [0, 0.1) is 18.3 Å². The average Bonchev–Trinajstić information content (AvgIpc) is 3.42. The lowest BCUT2D eigenvalue weighted by atomic mass is 9.76. The largest absolute Gasteiger partial charge is 0.342 e. The zero-order valence-corrected chi connectivity index (χ0v) is 18.4. The predicted molar refractivity (Wildman–Crippen MR) is 117 cm³/mol. The lowest BCUT2D eigenvalue weighted by Gasteiger charge is -2.32. The molecule has 3 heterocycles. The molecule has 30 heavy (non-hydrogen) atoms. The van der Waals surface area contributed by atoms with Gasteiger partial charge in [-0.1, -0.05) is 30.7 Å². The number of thiazole rings is 1. The van der Waals surface area contributed by atoms with E-state index in [4.69, 9.17) is 0 Å². The number of nitrogens with zero attached hydrogens (tertiary/aromatic N) is 3. The van der Waals surface area contributed by atoms with Crippen molar-refractivity contribution in [2.24, 2.45) is 11.3 Å². The van der Waals surface area contributed by atoms with Gasteiger partial charge in [0.15, 0.2) is 0 Å². The molecule has 0 bridgehead atoms. The Hall–Kier alpha value is -2.21. The molecule has 2 saturated heterocycles. The molecule has 5 rings (SSSR count). The van der Waals surface area contributed by atoms with Crippen LogP contribution in [0.5, 0.6) is 0 Å². The Balaban J connectivity index is 1.38. The highest BCUT2D eigenvalue weighted by atomic mass is 32.1. The summed E-state index contributed by atoms with van der Waals surface area (Å²) in [5, 5.41) is 2.98. The maximum atomic E-state index is 13.7. The van der Waals surface area contributed by atoms with Crippen LogP contribution in [0.25, 0.3) is 0 Å². The molecule has 158 valence electrons. The van der Waals surface area contributed by atoms with Crippen LogP contribution in [0.15, 0.2) is 35.8 Å². The molecule has 0 radical (unpaired) electrons. The van der Waals surface area contributed by atoms with Crippen LogP contribution in [0.2, 0.25) is 0 Å². The van der Waals surface area contributed by atoms with E-state index in [1.54, 1.807) is 11.3 Å². The maximum Gasteiger partial charge on any atom is 0.231 e. The zero-order valence-electron chi connectivity index (χ0n) is 17.5. The number of benzene rings is 1. The first-order valence-electron chi connectivity index (χ1n) is 11.1. The molecule has 2 aromatic rings. The minimum Gasteiger partial charge on any atom is -0.342 e. The van der Waals surface area contributed by atoms with E-state index in [2.05, 4.69) is 9.88 Å². The predicted octanol–water partition coefficient (Wildman–Crippen LogP) is 3.64. The third-order valence-corrected chi connectivity index (χ3v) is 8.38. The van der Waals surface area contributed by atoms with Crippen molar-refractivity contribution < 1.29 is 9.59 Å². The van der Waals surface area contributed by atoms with Gasteiger partial charge in [0.05, 0.1) is 16.8 Å². The van der Waals surface area contributed by atoms with Gasteiger partial charge in [0, 0.05) is 43.7 Å². The highest BCUT2D eigenvalue weighted by molar-refractivity contribution is 7.09. The van der Waals surface area contributed by atoms with Gasteiger partial charge in [-0.3, -0.25) is 9.59 Å². The number of aryl methyl sites for hydroxylation is 1. The smallest absolute Gasteiger partial charge is 0.231 e. The first kappa shape index (κ1) is 19.7. The van der Waals surface area contributed by atoms with Gasteiger partial charge in [0.1, 0.15) is 0 Å². The van der Waals surface area contributed by atoms with Crippen molar-refractivity contribution in [3.8, 4) is 0 Å². The molecule has 2 atom stereocenters. The molecule has 1 aromatic carbocycles. The lowest BCUT2D eigenvalue weighted by Crippen LogP contribution is -2.42. The summed E-state index contributed by atoms with van der Waals surface area (Å²) >= 11 is 1.61. The van der Waals surface area contributed by atoms with Crippen molar-refractivity contribution in [1.82, 2.24) is 14.8 Å². The quantitative estimate of drug-likeness (QED) is 0.738. The van der Waals surface area contributed by atoms with Crippen molar-refractivity contribution in [1.29, 1.82) is 0 Å². The molecule has 3 fully saturated rings. The van der Waals surface area contributed by atoms with Gasteiger partial charge in [-0.2, -0.15) is 0 Å². The molecule has 1 saturated carbocycles. The van der Waals surface area contributed by atoms with Gasteiger partial charge in [-0.05, 0) is 43.2 Å². The molecule has 1 spiro atoms. The van der Waals surface area contributed by atoms with E-state index >= 15 is 0 Å². The molecule has 3 aliphatic rings. The summed E-state index contributed by atoms with van der Waals surface area (Å²) in [6.07, 6.45) is 6.82. The molecule has 5 nitrogen and oxygen atoms in total. The van der Waals surface area contributed by atoms with Crippen LogP contribution in [0.4, 0.5) is 0 Å². The summed E-state index contributed by atoms with van der Waals surface area (Å²) in [6, 6.07) is 8.06. The molecule has 0 unspecified atom stereocenters.